The summed E-state index contributed by atoms with van der Waals surface area (Å²) in [6.07, 6.45) is 0.246. The number of aliphatic hydroxyl groups excluding tert-OH is 1. The maximum atomic E-state index is 10.0. The van der Waals surface area contributed by atoms with E-state index in [-0.39, 0.29) is 6.42 Å². The maximum absolute atomic E-state index is 10.0. The van der Waals surface area contributed by atoms with Gasteiger partial charge in [-0.1, -0.05) is 30.3 Å². The van der Waals surface area contributed by atoms with Crippen molar-refractivity contribution >= 4 is 6.29 Å². The van der Waals surface area contributed by atoms with Gasteiger partial charge in [0.25, 0.3) is 0 Å². The van der Waals surface area contributed by atoms with Gasteiger partial charge in [-0.05, 0) is 5.56 Å². The van der Waals surface area contributed by atoms with Crippen LogP contribution in [0.4, 0.5) is 0 Å². The van der Waals surface area contributed by atoms with E-state index < -0.39 is 6.10 Å². The molecule has 0 saturated heterocycles. The molecule has 0 fully saturated rings. The quantitative estimate of drug-likeness (QED) is 0.659. The molecule has 0 radical (unpaired) electrons. The third kappa shape index (κ3) is 2.16. The van der Waals surface area contributed by atoms with E-state index in [9.17, 15) is 9.90 Å². The van der Waals surface area contributed by atoms with Gasteiger partial charge in [0.1, 0.15) is 6.29 Å². The molecule has 0 aromatic heterocycles. The van der Waals surface area contributed by atoms with E-state index in [0.717, 1.165) is 11.8 Å². The molecule has 58 valence electrons. The highest BCUT2D eigenvalue weighted by Gasteiger charge is 2.03. The van der Waals surface area contributed by atoms with Crippen molar-refractivity contribution in [3.05, 3.63) is 35.9 Å². The number of carbonyl (C=O) groups excluding carboxylic acids is 1. The second-order valence-corrected chi connectivity index (χ2v) is 2.33. The van der Waals surface area contributed by atoms with Gasteiger partial charge in [0, 0.05) is 6.42 Å². The normalized spacial score (nSPS) is 12.5. The first-order valence-electron chi connectivity index (χ1n) is 3.51. The van der Waals surface area contributed by atoms with Gasteiger partial charge in [0.2, 0.25) is 0 Å². The second-order valence-electron chi connectivity index (χ2n) is 2.33. The van der Waals surface area contributed by atoms with Crippen LogP contribution in [0.2, 0.25) is 0 Å². The molecular formula is C9H10O2. The number of carbonyl (C=O) groups is 1. The second kappa shape index (κ2) is 3.88. The molecule has 0 heterocycles. The SMILES string of the molecule is O=CC[C@@H](O)c1ccccc1. The Morgan fingerprint density at radius 3 is 2.55 bits per heavy atom. The van der Waals surface area contributed by atoms with Crippen LogP contribution in [0.1, 0.15) is 18.1 Å². The van der Waals surface area contributed by atoms with E-state index in [2.05, 4.69) is 0 Å². The summed E-state index contributed by atoms with van der Waals surface area (Å²) in [7, 11) is 0. The summed E-state index contributed by atoms with van der Waals surface area (Å²) in [5.41, 5.74) is 0.791. The van der Waals surface area contributed by atoms with E-state index in [0.29, 0.717) is 0 Å². The highest BCUT2D eigenvalue weighted by molar-refractivity contribution is 5.50. The minimum absolute atomic E-state index is 0.171. The predicted octanol–water partition coefficient (Wildman–Crippen LogP) is 1.31. The topological polar surface area (TPSA) is 37.3 Å². The van der Waals surface area contributed by atoms with Crippen LogP contribution in [0.25, 0.3) is 0 Å². The molecule has 1 aromatic rings. The summed E-state index contributed by atoms with van der Waals surface area (Å²) in [6, 6.07) is 9.15. The van der Waals surface area contributed by atoms with Gasteiger partial charge in [-0.3, -0.25) is 0 Å². The van der Waals surface area contributed by atoms with Gasteiger partial charge in [-0.2, -0.15) is 0 Å². The van der Waals surface area contributed by atoms with Crippen LogP contribution in [-0.4, -0.2) is 11.4 Å². The van der Waals surface area contributed by atoms with Crippen LogP contribution in [-0.2, 0) is 4.79 Å². The predicted molar refractivity (Wildman–Crippen MR) is 42.1 cm³/mol. The lowest BCUT2D eigenvalue weighted by atomic mass is 10.1. The zero-order chi connectivity index (χ0) is 8.10. The van der Waals surface area contributed by atoms with Gasteiger partial charge in [0.05, 0.1) is 6.10 Å². The molecule has 0 bridgehead atoms. The lowest BCUT2D eigenvalue weighted by Gasteiger charge is -2.05. The lowest BCUT2D eigenvalue weighted by molar-refractivity contribution is -0.109. The number of hydrogen-bond acceptors (Lipinski definition) is 2. The highest BCUT2D eigenvalue weighted by atomic mass is 16.3. The Kier molecular flexibility index (Phi) is 2.81. The van der Waals surface area contributed by atoms with Gasteiger partial charge in [0.15, 0.2) is 0 Å². The monoisotopic (exact) mass is 150 g/mol. The third-order valence-corrected chi connectivity index (χ3v) is 1.50. The van der Waals surface area contributed by atoms with Crippen molar-refractivity contribution in [1.29, 1.82) is 0 Å². The minimum Gasteiger partial charge on any atom is -0.388 e. The fourth-order valence-electron chi connectivity index (χ4n) is 0.902. The summed E-state index contributed by atoms with van der Waals surface area (Å²) in [4.78, 5) is 10.0. The molecular weight excluding hydrogens is 140 g/mol. The Bertz CT molecular complexity index is 218. The first-order chi connectivity index (χ1) is 5.34. The molecule has 11 heavy (non-hydrogen) atoms. The highest BCUT2D eigenvalue weighted by Crippen LogP contribution is 2.13. The zero-order valence-electron chi connectivity index (χ0n) is 6.10. The smallest absolute Gasteiger partial charge is 0.122 e. The largest absolute Gasteiger partial charge is 0.388 e. The molecule has 1 aromatic carbocycles. The van der Waals surface area contributed by atoms with Crippen LogP contribution >= 0.6 is 0 Å². The van der Waals surface area contributed by atoms with Gasteiger partial charge >= 0.3 is 0 Å². The van der Waals surface area contributed by atoms with Crippen molar-refractivity contribution in [2.45, 2.75) is 12.5 Å². The summed E-state index contributed by atoms with van der Waals surface area (Å²) >= 11 is 0. The minimum atomic E-state index is -0.645. The van der Waals surface area contributed by atoms with Crippen molar-refractivity contribution in [2.24, 2.45) is 0 Å². The molecule has 1 atom stereocenters. The van der Waals surface area contributed by atoms with Crippen LogP contribution < -0.4 is 0 Å². The molecule has 0 aliphatic rings. The molecule has 1 N–H and O–H groups in total. The van der Waals surface area contributed by atoms with Gasteiger partial charge in [-0.25, -0.2) is 0 Å². The van der Waals surface area contributed by atoms with E-state index >= 15 is 0 Å². The van der Waals surface area contributed by atoms with Crippen molar-refractivity contribution in [1.82, 2.24) is 0 Å². The Balaban J connectivity index is 2.68. The van der Waals surface area contributed by atoms with Crippen molar-refractivity contribution in [2.75, 3.05) is 0 Å². The maximum Gasteiger partial charge on any atom is 0.122 e. The van der Waals surface area contributed by atoms with E-state index in [4.69, 9.17) is 0 Å². The van der Waals surface area contributed by atoms with Crippen molar-refractivity contribution in [3.63, 3.8) is 0 Å². The van der Waals surface area contributed by atoms with E-state index in [1.165, 1.54) is 0 Å². The lowest BCUT2D eigenvalue weighted by Crippen LogP contribution is -1.96. The molecule has 0 saturated carbocycles. The number of benzene rings is 1. The average Bonchev–Trinajstić information content (AvgIpc) is 2.07. The van der Waals surface area contributed by atoms with Crippen molar-refractivity contribution < 1.29 is 9.90 Å². The Morgan fingerprint density at radius 2 is 2.00 bits per heavy atom. The molecule has 0 aliphatic heterocycles. The van der Waals surface area contributed by atoms with Crippen LogP contribution in [0.15, 0.2) is 30.3 Å². The molecule has 0 spiro atoms. The summed E-state index contributed by atoms with van der Waals surface area (Å²) in [6.45, 7) is 0. The van der Waals surface area contributed by atoms with Crippen LogP contribution in [0, 0.1) is 0 Å². The fraction of sp³-hybridized carbons (Fsp3) is 0.222. The van der Waals surface area contributed by atoms with Crippen molar-refractivity contribution in [3.8, 4) is 0 Å². The van der Waals surface area contributed by atoms with Gasteiger partial charge in [-0.15, -0.1) is 0 Å². The first kappa shape index (κ1) is 7.95. The third-order valence-electron chi connectivity index (χ3n) is 1.50. The molecule has 2 heteroatoms. The van der Waals surface area contributed by atoms with E-state index in [1.807, 2.05) is 18.2 Å². The Hall–Kier alpha value is -1.15. The standard InChI is InChI=1S/C9H10O2/c10-7-6-9(11)8-4-2-1-3-5-8/h1-5,7,9,11H,6H2/t9-/m1/s1. The van der Waals surface area contributed by atoms with Gasteiger partial charge < -0.3 is 9.90 Å². The Labute approximate surface area is 65.5 Å². The number of hydrogen-bond donors (Lipinski definition) is 1. The van der Waals surface area contributed by atoms with E-state index in [1.54, 1.807) is 12.1 Å². The first-order valence-corrected chi connectivity index (χ1v) is 3.51. The molecule has 2 nitrogen and oxygen atoms in total. The molecule has 0 amide bonds. The number of aliphatic hydroxyl groups is 1. The Morgan fingerprint density at radius 1 is 1.36 bits per heavy atom. The fourth-order valence-corrected chi connectivity index (χ4v) is 0.902. The summed E-state index contributed by atoms with van der Waals surface area (Å²) < 4.78 is 0. The average molecular weight is 150 g/mol. The molecule has 0 unspecified atom stereocenters. The molecule has 0 aliphatic carbocycles. The van der Waals surface area contributed by atoms with Crippen LogP contribution in [0.3, 0.4) is 0 Å². The zero-order valence-corrected chi connectivity index (χ0v) is 6.10. The summed E-state index contributed by atoms with van der Waals surface area (Å²) in [5, 5.41) is 9.29. The summed E-state index contributed by atoms with van der Waals surface area (Å²) in [5.74, 6) is 0. The number of aldehydes is 1. The van der Waals surface area contributed by atoms with Crippen LogP contribution in [0.5, 0.6) is 0 Å². The molecule has 1 rings (SSSR count). The number of rotatable bonds is 3.